The molecule has 0 aliphatic heterocycles. The van der Waals surface area contributed by atoms with Gasteiger partial charge in [0, 0.05) is 28.6 Å². The average molecular weight is 330 g/mol. The maximum atomic E-state index is 13.0. The SMILES string of the molecule is CN(Cc1cnc(N)s1)Cc1ccc(F)cc1Br. The zero-order valence-electron chi connectivity index (χ0n) is 9.86. The Bertz CT molecular complexity index is 544. The summed E-state index contributed by atoms with van der Waals surface area (Å²) in [5.41, 5.74) is 6.64. The lowest BCUT2D eigenvalue weighted by atomic mass is 10.2. The van der Waals surface area contributed by atoms with Gasteiger partial charge in [0.1, 0.15) is 5.82 Å². The van der Waals surface area contributed by atoms with Gasteiger partial charge in [-0.3, -0.25) is 4.90 Å². The molecule has 6 heteroatoms. The van der Waals surface area contributed by atoms with Crippen molar-refractivity contribution in [3.8, 4) is 0 Å². The van der Waals surface area contributed by atoms with Gasteiger partial charge in [0.25, 0.3) is 0 Å². The number of aromatic nitrogens is 1. The van der Waals surface area contributed by atoms with Gasteiger partial charge in [-0.15, -0.1) is 11.3 Å². The third kappa shape index (κ3) is 3.51. The Hall–Kier alpha value is -0.980. The smallest absolute Gasteiger partial charge is 0.180 e. The molecule has 96 valence electrons. The molecule has 2 rings (SSSR count). The molecule has 0 saturated heterocycles. The molecule has 18 heavy (non-hydrogen) atoms. The van der Waals surface area contributed by atoms with Crippen LogP contribution in [-0.4, -0.2) is 16.9 Å². The second-order valence-electron chi connectivity index (χ2n) is 4.07. The van der Waals surface area contributed by atoms with E-state index in [-0.39, 0.29) is 5.82 Å². The second kappa shape index (κ2) is 5.77. The summed E-state index contributed by atoms with van der Waals surface area (Å²) in [5.74, 6) is -0.233. The summed E-state index contributed by atoms with van der Waals surface area (Å²) in [7, 11) is 2.01. The summed E-state index contributed by atoms with van der Waals surface area (Å²) >= 11 is 4.86. The van der Waals surface area contributed by atoms with E-state index in [1.165, 1.54) is 23.5 Å². The van der Waals surface area contributed by atoms with Crippen molar-refractivity contribution in [3.63, 3.8) is 0 Å². The molecule has 3 nitrogen and oxygen atoms in total. The van der Waals surface area contributed by atoms with Crippen molar-refractivity contribution in [2.75, 3.05) is 12.8 Å². The fourth-order valence-electron chi connectivity index (χ4n) is 1.66. The highest BCUT2D eigenvalue weighted by Crippen LogP contribution is 2.21. The monoisotopic (exact) mass is 329 g/mol. The van der Waals surface area contributed by atoms with Crippen molar-refractivity contribution in [1.29, 1.82) is 0 Å². The number of rotatable bonds is 4. The van der Waals surface area contributed by atoms with Crippen LogP contribution < -0.4 is 5.73 Å². The van der Waals surface area contributed by atoms with Crippen LogP contribution in [0.15, 0.2) is 28.9 Å². The first-order chi connectivity index (χ1) is 8.54. The number of anilines is 1. The van der Waals surface area contributed by atoms with E-state index in [1.807, 2.05) is 7.05 Å². The van der Waals surface area contributed by atoms with Crippen molar-refractivity contribution in [1.82, 2.24) is 9.88 Å². The molecule has 2 N–H and O–H groups in total. The Labute approximate surface area is 118 Å². The predicted octanol–water partition coefficient (Wildman–Crippen LogP) is 3.26. The van der Waals surface area contributed by atoms with Crippen molar-refractivity contribution >= 4 is 32.4 Å². The highest BCUT2D eigenvalue weighted by molar-refractivity contribution is 9.10. The molecular weight excluding hydrogens is 317 g/mol. The molecule has 1 aromatic heterocycles. The van der Waals surface area contributed by atoms with Gasteiger partial charge in [0.2, 0.25) is 0 Å². The molecule has 0 atom stereocenters. The summed E-state index contributed by atoms with van der Waals surface area (Å²) in [6.45, 7) is 1.51. The zero-order chi connectivity index (χ0) is 13.1. The van der Waals surface area contributed by atoms with Crippen molar-refractivity contribution in [2.45, 2.75) is 13.1 Å². The van der Waals surface area contributed by atoms with Gasteiger partial charge >= 0.3 is 0 Å². The number of nitrogen functional groups attached to an aromatic ring is 1. The fraction of sp³-hybridized carbons (Fsp3) is 0.250. The van der Waals surface area contributed by atoms with E-state index in [1.54, 1.807) is 12.3 Å². The molecule has 0 bridgehead atoms. The minimum Gasteiger partial charge on any atom is -0.375 e. The molecule has 0 amide bonds. The zero-order valence-corrected chi connectivity index (χ0v) is 12.3. The Morgan fingerprint density at radius 3 is 2.83 bits per heavy atom. The van der Waals surface area contributed by atoms with Crippen LogP contribution in [0, 0.1) is 5.82 Å². The Morgan fingerprint density at radius 2 is 2.22 bits per heavy atom. The summed E-state index contributed by atoms with van der Waals surface area (Å²) in [6, 6.07) is 4.74. The van der Waals surface area contributed by atoms with E-state index in [0.717, 1.165) is 28.0 Å². The minimum atomic E-state index is -0.233. The van der Waals surface area contributed by atoms with Crippen molar-refractivity contribution in [2.24, 2.45) is 0 Å². The van der Waals surface area contributed by atoms with Crippen LogP contribution in [0.2, 0.25) is 0 Å². The number of nitrogens with zero attached hydrogens (tertiary/aromatic N) is 2. The minimum absolute atomic E-state index is 0.233. The van der Waals surface area contributed by atoms with Crippen LogP contribution in [0.3, 0.4) is 0 Å². The summed E-state index contributed by atoms with van der Waals surface area (Å²) < 4.78 is 13.8. The van der Waals surface area contributed by atoms with Crippen molar-refractivity contribution < 1.29 is 4.39 Å². The first-order valence-electron chi connectivity index (χ1n) is 5.37. The van der Waals surface area contributed by atoms with Gasteiger partial charge in [0.15, 0.2) is 5.13 Å². The van der Waals surface area contributed by atoms with Crippen LogP contribution in [0.1, 0.15) is 10.4 Å². The van der Waals surface area contributed by atoms with Crippen LogP contribution in [0.25, 0.3) is 0 Å². The largest absolute Gasteiger partial charge is 0.375 e. The summed E-state index contributed by atoms with van der Waals surface area (Å²) in [5, 5.41) is 0.585. The number of hydrogen-bond donors (Lipinski definition) is 1. The summed E-state index contributed by atoms with van der Waals surface area (Å²) in [4.78, 5) is 7.27. The standard InChI is InChI=1S/C12H13BrFN3S/c1-17(7-10-5-16-12(15)18-10)6-8-2-3-9(14)4-11(8)13/h2-5H,6-7H2,1H3,(H2,15,16). The van der Waals surface area contributed by atoms with E-state index in [9.17, 15) is 4.39 Å². The molecule has 2 aromatic rings. The third-order valence-corrected chi connectivity index (χ3v) is 4.00. The van der Waals surface area contributed by atoms with E-state index in [2.05, 4.69) is 25.8 Å². The Balaban J connectivity index is 2.00. The van der Waals surface area contributed by atoms with Crippen LogP contribution in [-0.2, 0) is 13.1 Å². The number of halogens is 2. The molecular formula is C12H13BrFN3S. The van der Waals surface area contributed by atoms with E-state index < -0.39 is 0 Å². The maximum absolute atomic E-state index is 13.0. The first kappa shape index (κ1) is 13.5. The topological polar surface area (TPSA) is 42.2 Å². The van der Waals surface area contributed by atoms with Crippen LogP contribution in [0.5, 0.6) is 0 Å². The highest BCUT2D eigenvalue weighted by Gasteiger charge is 2.07. The molecule has 0 unspecified atom stereocenters. The molecule has 0 aliphatic rings. The normalized spacial score (nSPS) is 11.1. The van der Waals surface area contributed by atoms with Crippen molar-refractivity contribution in [3.05, 3.63) is 45.1 Å². The number of thiazole rings is 1. The maximum Gasteiger partial charge on any atom is 0.180 e. The number of nitrogens with two attached hydrogens (primary N) is 1. The van der Waals surface area contributed by atoms with Gasteiger partial charge in [-0.05, 0) is 24.7 Å². The Kier molecular flexibility index (Phi) is 4.31. The van der Waals surface area contributed by atoms with Crippen LogP contribution >= 0.6 is 27.3 Å². The third-order valence-electron chi connectivity index (χ3n) is 2.45. The van der Waals surface area contributed by atoms with Gasteiger partial charge in [-0.2, -0.15) is 0 Å². The number of benzene rings is 1. The fourth-order valence-corrected chi connectivity index (χ4v) is 2.90. The first-order valence-corrected chi connectivity index (χ1v) is 6.98. The molecule has 0 fully saturated rings. The van der Waals surface area contributed by atoms with E-state index in [4.69, 9.17) is 5.73 Å². The quantitative estimate of drug-likeness (QED) is 0.936. The Morgan fingerprint density at radius 1 is 1.44 bits per heavy atom. The van der Waals surface area contributed by atoms with E-state index in [0.29, 0.717) is 5.13 Å². The lowest BCUT2D eigenvalue weighted by molar-refractivity contribution is 0.321. The predicted molar refractivity (Wildman–Crippen MR) is 75.8 cm³/mol. The van der Waals surface area contributed by atoms with E-state index >= 15 is 0 Å². The average Bonchev–Trinajstić information content (AvgIpc) is 2.68. The highest BCUT2D eigenvalue weighted by atomic mass is 79.9. The lowest BCUT2D eigenvalue weighted by Crippen LogP contribution is -2.16. The molecule has 0 spiro atoms. The molecule has 1 heterocycles. The lowest BCUT2D eigenvalue weighted by Gasteiger charge is -2.16. The molecule has 0 radical (unpaired) electrons. The molecule has 0 aliphatic carbocycles. The van der Waals surface area contributed by atoms with Gasteiger partial charge in [-0.1, -0.05) is 22.0 Å². The van der Waals surface area contributed by atoms with Crippen LogP contribution in [0.4, 0.5) is 9.52 Å². The van der Waals surface area contributed by atoms with Gasteiger partial charge in [0.05, 0.1) is 0 Å². The second-order valence-corrected chi connectivity index (χ2v) is 6.07. The molecule has 1 aromatic carbocycles. The molecule has 0 saturated carbocycles. The van der Waals surface area contributed by atoms with Gasteiger partial charge in [-0.25, -0.2) is 9.37 Å². The number of hydrogen-bond acceptors (Lipinski definition) is 4. The van der Waals surface area contributed by atoms with Gasteiger partial charge < -0.3 is 5.73 Å². The summed E-state index contributed by atoms with van der Waals surface area (Å²) in [6.07, 6.45) is 1.79.